The van der Waals surface area contributed by atoms with Crippen LogP contribution >= 0.6 is 0 Å². The number of ether oxygens (including phenoxy) is 2. The minimum atomic E-state index is -0.287. The molecule has 0 aliphatic carbocycles. The van der Waals surface area contributed by atoms with Crippen molar-refractivity contribution in [1.29, 1.82) is 0 Å². The predicted octanol–water partition coefficient (Wildman–Crippen LogP) is 3.00. The molecule has 0 bridgehead atoms. The molecule has 1 aromatic heterocycles. The quantitative estimate of drug-likeness (QED) is 0.526. The van der Waals surface area contributed by atoms with Crippen LogP contribution in [0.2, 0.25) is 0 Å². The Morgan fingerprint density at radius 3 is 2.55 bits per heavy atom. The standard InChI is InChI=1S/C25H29FN4O3/c1-28-12-20(11-27-28)13-29-15-23(33-18-21-5-3-4-6-24(21)26)16-30(25(31)17-29)14-19-7-9-22(32-2)10-8-19/h3-12,23H,13-18H2,1-2H3. The Morgan fingerprint density at radius 2 is 1.85 bits per heavy atom. The third-order valence-corrected chi connectivity index (χ3v) is 5.73. The molecule has 174 valence electrons. The molecule has 0 spiro atoms. The highest BCUT2D eigenvalue weighted by Gasteiger charge is 2.29. The van der Waals surface area contributed by atoms with Gasteiger partial charge in [-0.25, -0.2) is 4.39 Å². The lowest BCUT2D eigenvalue weighted by Crippen LogP contribution is -2.37. The van der Waals surface area contributed by atoms with Gasteiger partial charge in [-0.1, -0.05) is 30.3 Å². The van der Waals surface area contributed by atoms with Crippen LogP contribution in [-0.4, -0.2) is 58.3 Å². The second-order valence-electron chi connectivity index (χ2n) is 8.34. The zero-order valence-electron chi connectivity index (χ0n) is 19.0. The molecule has 1 saturated heterocycles. The molecule has 2 heterocycles. The summed E-state index contributed by atoms with van der Waals surface area (Å²) in [6, 6.07) is 14.3. The van der Waals surface area contributed by atoms with Crippen molar-refractivity contribution in [1.82, 2.24) is 19.6 Å². The van der Waals surface area contributed by atoms with Gasteiger partial charge in [0.2, 0.25) is 5.91 Å². The van der Waals surface area contributed by atoms with Gasteiger partial charge < -0.3 is 14.4 Å². The number of rotatable bonds is 8. The lowest BCUT2D eigenvalue weighted by Gasteiger charge is -2.25. The second-order valence-corrected chi connectivity index (χ2v) is 8.34. The Hall–Kier alpha value is -3.23. The highest BCUT2D eigenvalue weighted by Crippen LogP contribution is 2.18. The van der Waals surface area contributed by atoms with E-state index < -0.39 is 0 Å². The van der Waals surface area contributed by atoms with E-state index in [1.54, 1.807) is 36.2 Å². The topological polar surface area (TPSA) is 59.8 Å². The van der Waals surface area contributed by atoms with Gasteiger partial charge in [0.15, 0.2) is 0 Å². The largest absolute Gasteiger partial charge is 0.497 e. The highest BCUT2D eigenvalue weighted by molar-refractivity contribution is 5.78. The van der Waals surface area contributed by atoms with Gasteiger partial charge in [0, 0.05) is 50.6 Å². The maximum absolute atomic E-state index is 14.1. The minimum Gasteiger partial charge on any atom is -0.497 e. The van der Waals surface area contributed by atoms with E-state index in [4.69, 9.17) is 9.47 Å². The van der Waals surface area contributed by atoms with Gasteiger partial charge in [0.05, 0.1) is 32.6 Å². The van der Waals surface area contributed by atoms with E-state index in [2.05, 4.69) is 10.00 Å². The number of carbonyl (C=O) groups excluding carboxylic acids is 1. The normalized spacial score (nSPS) is 17.2. The van der Waals surface area contributed by atoms with Crippen LogP contribution in [0, 0.1) is 5.82 Å². The molecule has 33 heavy (non-hydrogen) atoms. The van der Waals surface area contributed by atoms with E-state index >= 15 is 0 Å². The summed E-state index contributed by atoms with van der Waals surface area (Å²) < 4.78 is 27.2. The molecular weight excluding hydrogens is 423 g/mol. The zero-order chi connectivity index (χ0) is 23.2. The fourth-order valence-corrected chi connectivity index (χ4v) is 4.01. The number of carbonyl (C=O) groups is 1. The number of halogens is 1. The van der Waals surface area contributed by atoms with Crippen molar-refractivity contribution in [2.75, 3.05) is 26.7 Å². The van der Waals surface area contributed by atoms with Crippen LogP contribution in [-0.2, 0) is 36.3 Å². The van der Waals surface area contributed by atoms with Gasteiger partial charge in [0.25, 0.3) is 0 Å². The van der Waals surface area contributed by atoms with Crippen LogP contribution in [0.4, 0.5) is 4.39 Å². The van der Waals surface area contributed by atoms with E-state index in [1.807, 2.05) is 42.4 Å². The molecule has 3 aromatic rings. The molecule has 1 unspecified atom stereocenters. The smallest absolute Gasteiger partial charge is 0.237 e. The molecule has 2 aromatic carbocycles. The maximum Gasteiger partial charge on any atom is 0.237 e. The Bertz CT molecular complexity index is 1070. The van der Waals surface area contributed by atoms with Crippen molar-refractivity contribution in [3.8, 4) is 5.75 Å². The summed E-state index contributed by atoms with van der Waals surface area (Å²) in [5, 5.41) is 4.23. The van der Waals surface area contributed by atoms with Gasteiger partial charge in [-0.2, -0.15) is 5.10 Å². The summed E-state index contributed by atoms with van der Waals surface area (Å²) in [4.78, 5) is 17.0. The summed E-state index contributed by atoms with van der Waals surface area (Å²) in [6.45, 7) is 2.50. The molecule has 1 atom stereocenters. The Kier molecular flexibility index (Phi) is 7.36. The van der Waals surface area contributed by atoms with E-state index in [-0.39, 0.29) is 31.0 Å². The van der Waals surface area contributed by atoms with Crippen LogP contribution in [0.3, 0.4) is 0 Å². The number of hydrogen-bond donors (Lipinski definition) is 0. The van der Waals surface area contributed by atoms with Gasteiger partial charge >= 0.3 is 0 Å². The lowest BCUT2D eigenvalue weighted by molar-refractivity contribution is -0.132. The van der Waals surface area contributed by atoms with E-state index in [1.165, 1.54) is 6.07 Å². The van der Waals surface area contributed by atoms with E-state index in [9.17, 15) is 9.18 Å². The molecule has 8 heteroatoms. The van der Waals surface area contributed by atoms with Crippen molar-refractivity contribution in [3.05, 3.63) is 83.4 Å². The molecule has 1 fully saturated rings. The number of nitrogens with zero attached hydrogens (tertiary/aromatic N) is 4. The zero-order valence-corrected chi connectivity index (χ0v) is 19.0. The van der Waals surface area contributed by atoms with E-state index in [0.29, 0.717) is 31.7 Å². The average Bonchev–Trinajstić information content (AvgIpc) is 3.15. The summed E-state index contributed by atoms with van der Waals surface area (Å²) in [5.74, 6) is 0.519. The first-order valence-electron chi connectivity index (χ1n) is 11.0. The molecule has 0 saturated carbocycles. The van der Waals surface area contributed by atoms with Gasteiger partial charge in [-0.3, -0.25) is 14.4 Å². The first kappa shape index (κ1) is 22.9. The number of aromatic nitrogens is 2. The van der Waals surface area contributed by atoms with Crippen molar-refractivity contribution in [3.63, 3.8) is 0 Å². The van der Waals surface area contributed by atoms with Crippen LogP contribution < -0.4 is 4.74 Å². The third kappa shape index (κ3) is 6.18. The van der Waals surface area contributed by atoms with Crippen LogP contribution in [0.15, 0.2) is 60.9 Å². The highest BCUT2D eigenvalue weighted by atomic mass is 19.1. The number of hydrogen-bond acceptors (Lipinski definition) is 5. The minimum absolute atomic E-state index is 0.0340. The Labute approximate surface area is 193 Å². The molecule has 4 rings (SSSR count). The van der Waals surface area contributed by atoms with Gasteiger partial charge in [-0.15, -0.1) is 0 Å². The summed E-state index contributed by atoms with van der Waals surface area (Å²) in [5.41, 5.74) is 2.55. The Balaban J connectivity index is 1.49. The summed E-state index contributed by atoms with van der Waals surface area (Å²) in [7, 11) is 3.50. The van der Waals surface area contributed by atoms with E-state index in [0.717, 1.165) is 16.9 Å². The monoisotopic (exact) mass is 452 g/mol. The molecule has 0 radical (unpaired) electrons. The SMILES string of the molecule is COc1ccc(CN2CC(OCc3ccccc3F)CN(Cc3cnn(C)c3)CC2=O)cc1. The lowest BCUT2D eigenvalue weighted by atomic mass is 10.2. The fourth-order valence-electron chi connectivity index (χ4n) is 4.01. The molecule has 1 aliphatic rings. The van der Waals surface area contributed by atoms with Crippen molar-refractivity contribution in [2.24, 2.45) is 7.05 Å². The van der Waals surface area contributed by atoms with Gasteiger partial charge in [-0.05, 0) is 23.8 Å². The Morgan fingerprint density at radius 1 is 1.06 bits per heavy atom. The third-order valence-electron chi connectivity index (χ3n) is 5.73. The van der Waals surface area contributed by atoms with Crippen LogP contribution in [0.1, 0.15) is 16.7 Å². The number of aryl methyl sites for hydroxylation is 1. The predicted molar refractivity (Wildman–Crippen MR) is 122 cm³/mol. The molecule has 1 aliphatic heterocycles. The first-order chi connectivity index (χ1) is 16.0. The van der Waals surface area contributed by atoms with Gasteiger partial charge in [0.1, 0.15) is 11.6 Å². The maximum atomic E-state index is 14.1. The molecule has 1 amide bonds. The fraction of sp³-hybridized carbons (Fsp3) is 0.360. The first-order valence-corrected chi connectivity index (χ1v) is 11.0. The number of methoxy groups -OCH3 is 1. The van der Waals surface area contributed by atoms with Crippen LogP contribution in [0.25, 0.3) is 0 Å². The molecular formula is C25H29FN4O3. The number of amides is 1. The van der Waals surface area contributed by atoms with Crippen molar-refractivity contribution in [2.45, 2.75) is 25.8 Å². The van der Waals surface area contributed by atoms with Crippen molar-refractivity contribution < 1.29 is 18.7 Å². The van der Waals surface area contributed by atoms with Crippen LogP contribution in [0.5, 0.6) is 5.75 Å². The summed E-state index contributed by atoms with van der Waals surface area (Å²) in [6.07, 6.45) is 3.49. The van der Waals surface area contributed by atoms with Crippen molar-refractivity contribution >= 4 is 5.91 Å². The molecule has 0 N–H and O–H groups in total. The summed E-state index contributed by atoms with van der Waals surface area (Å²) >= 11 is 0. The second kappa shape index (κ2) is 10.6. The average molecular weight is 453 g/mol. The number of benzene rings is 2. The molecule has 7 nitrogen and oxygen atoms in total.